The topological polar surface area (TPSA) is 64.6 Å². The molecule has 0 bridgehead atoms. The molecule has 0 aliphatic rings. The molecule has 3 aromatic rings. The highest BCUT2D eigenvalue weighted by Gasteiger charge is 2.30. The summed E-state index contributed by atoms with van der Waals surface area (Å²) in [6.45, 7) is 4.20. The minimum absolute atomic E-state index is 0.108. The number of carbonyl (C=O) groups is 2. The molecule has 8 heteroatoms. The van der Waals surface area contributed by atoms with Gasteiger partial charge in [-0.3, -0.25) is 9.59 Å². The number of ether oxygens (including phenoxy) is 2. The highest BCUT2D eigenvalue weighted by Crippen LogP contribution is 2.32. The second-order valence-corrected chi connectivity index (χ2v) is 8.05. The van der Waals surface area contributed by atoms with Gasteiger partial charge in [-0.2, -0.15) is 13.2 Å². The number of amides is 1. The van der Waals surface area contributed by atoms with Crippen LogP contribution in [0, 0.1) is 0 Å². The Hall–Kier alpha value is -3.81. The van der Waals surface area contributed by atoms with E-state index in [1.165, 1.54) is 12.1 Å². The SMILES string of the molecule is CCOC(=O)CCNC(=O)c1ccc(O[C@H](CC)c2ccc(-c3ccc(C(F)(F)F)cc3)cc2)cc1. The minimum atomic E-state index is -4.36. The predicted octanol–water partition coefficient (Wildman–Crippen LogP) is 6.59. The molecule has 190 valence electrons. The van der Waals surface area contributed by atoms with Gasteiger partial charge >= 0.3 is 12.1 Å². The van der Waals surface area contributed by atoms with Gasteiger partial charge in [0.2, 0.25) is 0 Å². The summed E-state index contributed by atoms with van der Waals surface area (Å²) in [6.07, 6.45) is -3.80. The fourth-order valence-electron chi connectivity index (χ4n) is 3.59. The number of rotatable bonds is 10. The Bertz CT molecular complexity index is 1140. The van der Waals surface area contributed by atoms with Gasteiger partial charge in [-0.25, -0.2) is 0 Å². The van der Waals surface area contributed by atoms with E-state index in [0.717, 1.165) is 23.3 Å². The smallest absolute Gasteiger partial charge is 0.416 e. The van der Waals surface area contributed by atoms with Crippen molar-refractivity contribution in [3.05, 3.63) is 89.5 Å². The largest absolute Gasteiger partial charge is 0.486 e. The highest BCUT2D eigenvalue weighted by molar-refractivity contribution is 5.94. The summed E-state index contributed by atoms with van der Waals surface area (Å²) in [5.41, 5.74) is 2.19. The molecule has 3 aromatic carbocycles. The summed E-state index contributed by atoms with van der Waals surface area (Å²) >= 11 is 0. The lowest BCUT2D eigenvalue weighted by atomic mass is 10.00. The summed E-state index contributed by atoms with van der Waals surface area (Å²) in [7, 11) is 0. The van der Waals surface area contributed by atoms with Crippen LogP contribution in [0.25, 0.3) is 11.1 Å². The molecule has 1 amide bonds. The molecule has 36 heavy (non-hydrogen) atoms. The van der Waals surface area contributed by atoms with Crippen molar-refractivity contribution in [3.63, 3.8) is 0 Å². The maximum absolute atomic E-state index is 12.8. The van der Waals surface area contributed by atoms with E-state index in [1.54, 1.807) is 31.2 Å². The second kappa shape index (κ2) is 12.2. The number of hydrogen-bond acceptors (Lipinski definition) is 4. The molecule has 0 unspecified atom stereocenters. The minimum Gasteiger partial charge on any atom is -0.486 e. The van der Waals surface area contributed by atoms with Crippen LogP contribution in [0.3, 0.4) is 0 Å². The lowest BCUT2D eigenvalue weighted by molar-refractivity contribution is -0.143. The van der Waals surface area contributed by atoms with Crippen molar-refractivity contribution >= 4 is 11.9 Å². The Labute approximate surface area is 208 Å². The van der Waals surface area contributed by atoms with E-state index in [4.69, 9.17) is 9.47 Å². The van der Waals surface area contributed by atoms with Gasteiger partial charge < -0.3 is 14.8 Å². The normalized spacial score (nSPS) is 12.0. The number of esters is 1. The van der Waals surface area contributed by atoms with Gasteiger partial charge in [-0.1, -0.05) is 43.3 Å². The standard InChI is InChI=1S/C28H28F3NO4/c1-3-25(21-7-5-19(6-8-21)20-9-13-23(14-10-20)28(29,30)31)36-24-15-11-22(12-16-24)27(34)32-18-17-26(33)35-4-2/h5-16,25H,3-4,17-18H2,1-2H3,(H,32,34)/t25-/m1/s1. The van der Waals surface area contributed by atoms with Gasteiger partial charge in [0.25, 0.3) is 5.91 Å². The molecule has 0 saturated carbocycles. The fraction of sp³-hybridized carbons (Fsp3) is 0.286. The Kier molecular flexibility index (Phi) is 9.11. The summed E-state index contributed by atoms with van der Waals surface area (Å²) in [5, 5.41) is 2.68. The van der Waals surface area contributed by atoms with E-state index < -0.39 is 11.7 Å². The number of benzene rings is 3. The third kappa shape index (κ3) is 7.34. The maximum Gasteiger partial charge on any atom is 0.416 e. The molecule has 1 atom stereocenters. The molecule has 0 heterocycles. The van der Waals surface area contributed by atoms with Crippen LogP contribution in [0.5, 0.6) is 5.75 Å². The Morgan fingerprint density at radius 1 is 0.861 bits per heavy atom. The number of hydrogen-bond donors (Lipinski definition) is 1. The average molecular weight is 500 g/mol. The lowest BCUT2D eigenvalue weighted by Crippen LogP contribution is -2.26. The molecule has 1 N–H and O–H groups in total. The first-order valence-electron chi connectivity index (χ1n) is 11.7. The highest BCUT2D eigenvalue weighted by atomic mass is 19.4. The van der Waals surface area contributed by atoms with Gasteiger partial charge in [0, 0.05) is 12.1 Å². The first-order valence-corrected chi connectivity index (χ1v) is 11.7. The van der Waals surface area contributed by atoms with Crippen LogP contribution >= 0.6 is 0 Å². The molecule has 5 nitrogen and oxygen atoms in total. The zero-order chi connectivity index (χ0) is 26.1. The summed E-state index contributed by atoms with van der Waals surface area (Å²) in [4.78, 5) is 23.6. The first-order chi connectivity index (χ1) is 17.2. The molecule has 0 aromatic heterocycles. The third-order valence-corrected chi connectivity index (χ3v) is 5.51. The predicted molar refractivity (Wildman–Crippen MR) is 131 cm³/mol. The third-order valence-electron chi connectivity index (χ3n) is 5.51. The molecule has 0 aliphatic heterocycles. The van der Waals surface area contributed by atoms with E-state index >= 15 is 0 Å². The first kappa shape index (κ1) is 26.8. The Morgan fingerprint density at radius 2 is 1.44 bits per heavy atom. The lowest BCUT2D eigenvalue weighted by Gasteiger charge is -2.19. The molecular weight excluding hydrogens is 471 g/mol. The molecule has 0 aliphatic carbocycles. The zero-order valence-electron chi connectivity index (χ0n) is 20.1. The van der Waals surface area contributed by atoms with Gasteiger partial charge in [0.1, 0.15) is 11.9 Å². The molecule has 0 radical (unpaired) electrons. The van der Waals surface area contributed by atoms with Crippen LogP contribution < -0.4 is 10.1 Å². The molecular formula is C28H28F3NO4. The Morgan fingerprint density at radius 3 is 1.97 bits per heavy atom. The van der Waals surface area contributed by atoms with Crippen molar-refractivity contribution in [2.75, 3.05) is 13.2 Å². The van der Waals surface area contributed by atoms with Gasteiger partial charge in [-0.05, 0) is 66.4 Å². The van der Waals surface area contributed by atoms with Crippen LogP contribution in [-0.2, 0) is 15.7 Å². The van der Waals surface area contributed by atoms with Crippen molar-refractivity contribution in [2.45, 2.75) is 39.0 Å². The van der Waals surface area contributed by atoms with Crippen LogP contribution in [0.1, 0.15) is 54.3 Å². The Balaban J connectivity index is 1.59. The monoisotopic (exact) mass is 499 g/mol. The van der Waals surface area contributed by atoms with E-state index in [-0.39, 0.29) is 30.9 Å². The number of carbonyl (C=O) groups excluding carboxylic acids is 2. The van der Waals surface area contributed by atoms with Crippen molar-refractivity contribution in [1.29, 1.82) is 0 Å². The van der Waals surface area contributed by atoms with E-state index in [2.05, 4.69) is 5.32 Å². The summed E-state index contributed by atoms with van der Waals surface area (Å²) < 4.78 is 49.3. The zero-order valence-corrected chi connectivity index (χ0v) is 20.1. The van der Waals surface area contributed by atoms with Gasteiger partial charge in [-0.15, -0.1) is 0 Å². The molecule has 0 saturated heterocycles. The second-order valence-electron chi connectivity index (χ2n) is 8.05. The van der Waals surface area contributed by atoms with Crippen LogP contribution in [0.4, 0.5) is 13.2 Å². The van der Waals surface area contributed by atoms with Crippen LogP contribution in [0.2, 0.25) is 0 Å². The van der Waals surface area contributed by atoms with Gasteiger partial charge in [0.05, 0.1) is 18.6 Å². The van der Waals surface area contributed by atoms with Crippen molar-refractivity contribution in [1.82, 2.24) is 5.32 Å². The summed E-state index contributed by atoms with van der Waals surface area (Å²) in [5.74, 6) is -0.0620. The molecule has 3 rings (SSSR count). The molecule has 0 fully saturated rings. The van der Waals surface area contributed by atoms with E-state index in [0.29, 0.717) is 29.9 Å². The number of nitrogens with one attached hydrogen (secondary N) is 1. The fourth-order valence-corrected chi connectivity index (χ4v) is 3.59. The molecule has 0 spiro atoms. The van der Waals surface area contributed by atoms with Crippen molar-refractivity contribution < 1.29 is 32.2 Å². The van der Waals surface area contributed by atoms with E-state index in [1.807, 2.05) is 31.2 Å². The summed E-state index contributed by atoms with van der Waals surface area (Å²) in [6, 6.07) is 19.3. The van der Waals surface area contributed by atoms with Crippen LogP contribution in [0.15, 0.2) is 72.8 Å². The van der Waals surface area contributed by atoms with Crippen molar-refractivity contribution in [2.24, 2.45) is 0 Å². The van der Waals surface area contributed by atoms with E-state index in [9.17, 15) is 22.8 Å². The maximum atomic E-state index is 12.8. The van der Waals surface area contributed by atoms with Crippen molar-refractivity contribution in [3.8, 4) is 16.9 Å². The number of alkyl halides is 3. The van der Waals surface area contributed by atoms with Gasteiger partial charge in [0.15, 0.2) is 0 Å². The van der Waals surface area contributed by atoms with Crippen LogP contribution in [-0.4, -0.2) is 25.0 Å². The average Bonchev–Trinajstić information content (AvgIpc) is 2.87. The number of halogens is 3. The quantitative estimate of drug-likeness (QED) is 0.320.